The molecule has 0 heterocycles. The highest BCUT2D eigenvalue weighted by Gasteiger charge is 2.34. The fourth-order valence-electron chi connectivity index (χ4n) is 10.2. The Labute approximate surface area is 496 Å². The van der Waals surface area contributed by atoms with Crippen molar-refractivity contribution in [3.8, 4) is 11.1 Å². The second-order valence-electron chi connectivity index (χ2n) is 20.8. The first-order valence-electron chi connectivity index (χ1n) is 28.4. The summed E-state index contributed by atoms with van der Waals surface area (Å²) < 4.78 is 46.0. The third-order valence-corrected chi connectivity index (χ3v) is 15.1. The Morgan fingerprint density at radius 3 is 1.51 bits per heavy atom. The molecule has 9 rings (SSSR count). The molecule has 0 unspecified atom stereocenters. The van der Waals surface area contributed by atoms with E-state index in [-0.39, 0.29) is 56.3 Å². The van der Waals surface area contributed by atoms with Crippen LogP contribution in [0, 0.1) is 0 Å². The van der Waals surface area contributed by atoms with Crippen LogP contribution in [0.5, 0.6) is 0 Å². The summed E-state index contributed by atoms with van der Waals surface area (Å²) in [6.45, 7) is 0.217. The molecule has 0 saturated heterocycles. The molecule has 13 nitrogen and oxygen atoms in total. The van der Waals surface area contributed by atoms with Crippen LogP contribution in [0.4, 0.5) is 39.8 Å². The normalized spacial score (nSPS) is 13.1. The molecule has 0 saturated carbocycles. The summed E-state index contributed by atoms with van der Waals surface area (Å²) >= 11 is 5.83. The van der Waals surface area contributed by atoms with Gasteiger partial charge in [-0.15, -0.1) is 0 Å². The third-order valence-electron chi connectivity index (χ3n) is 14.8. The number of ether oxygens (including phenoxy) is 1. The Kier molecular flexibility index (Phi) is 20.4. The Morgan fingerprint density at radius 2 is 1.01 bits per heavy atom. The molecule has 0 aromatic heterocycles. The molecule has 17 heteroatoms. The van der Waals surface area contributed by atoms with Crippen LogP contribution in [0.2, 0.25) is 5.02 Å². The molecule has 7 aromatic carbocycles. The van der Waals surface area contributed by atoms with E-state index < -0.39 is 46.5 Å². The molecule has 0 aliphatic heterocycles. The molecule has 7 aromatic rings. The number of nitrogens with one attached hydrogen (secondary N) is 4. The minimum absolute atomic E-state index is 0.0174. The summed E-state index contributed by atoms with van der Waals surface area (Å²) in [6.07, 6.45) is 7.63. The van der Waals surface area contributed by atoms with E-state index in [1.807, 2.05) is 78.9 Å². The smallest absolute Gasteiger partial charge is 0.393 e. The predicted octanol–water partition coefficient (Wildman–Crippen LogP) is 15.1. The van der Waals surface area contributed by atoms with Crippen LogP contribution in [0.3, 0.4) is 0 Å². The molecule has 436 valence electrons. The average Bonchev–Trinajstić information content (AvgIpc) is 3.72. The zero-order chi connectivity index (χ0) is 59.7. The number of amides is 6. The van der Waals surface area contributed by atoms with Crippen LogP contribution in [-0.4, -0.2) is 48.9 Å². The molecule has 6 amide bonds. The summed E-state index contributed by atoms with van der Waals surface area (Å²) in [5.41, 5.74) is 9.62. The number of allylic oxidation sites excluding steroid dienone is 4. The number of rotatable bonds is 20. The lowest BCUT2D eigenvalue weighted by Gasteiger charge is -2.24. The maximum Gasteiger partial charge on any atom is 0.417 e. The lowest BCUT2D eigenvalue weighted by molar-refractivity contribution is -0.159. The molecule has 2 aliphatic rings. The molecular formula is C68H64ClF3N6O7. The highest BCUT2D eigenvalue weighted by atomic mass is 35.5. The van der Waals surface area contributed by atoms with Crippen molar-refractivity contribution < 1.29 is 46.7 Å². The number of hydrogen-bond acceptors (Lipinski definition) is 7. The van der Waals surface area contributed by atoms with E-state index in [0.29, 0.717) is 29.0 Å². The maximum atomic E-state index is 14.1. The standard InChI is InChI=1S/C68H64ClF3N6O7/c69-61-37-32-56(42-60(61)68(70,71)72)76-67(84)78(58-35-30-51(31-36-58)49-14-6-2-7-15-49)45-47-22-26-54(27-23-47)65(82)74-41-39-63(80)85-62(79)38-40-73-64(81)53-24-20-46(21-25-53)44-77(57-33-28-50(29-34-57)48-12-4-1-5-13-48)66(83)75-43-55-18-10-11-19-59(55)52-16-8-3-9-17-52/h3,8-12,14,16-37,42H,1-2,4-7,13,15,38-41,43-45H2,(H,73,81)(H,74,82)(H,75,83)(H,76,84). The Hall–Kier alpha value is -9.28. The van der Waals surface area contributed by atoms with Crippen molar-refractivity contribution in [2.45, 2.75) is 90.0 Å². The predicted molar refractivity (Wildman–Crippen MR) is 326 cm³/mol. The van der Waals surface area contributed by atoms with Crippen LogP contribution in [0.15, 0.2) is 182 Å². The van der Waals surface area contributed by atoms with E-state index in [0.717, 1.165) is 90.5 Å². The zero-order valence-electron chi connectivity index (χ0n) is 46.7. The summed E-state index contributed by atoms with van der Waals surface area (Å²) in [5, 5.41) is 10.5. The quantitative estimate of drug-likeness (QED) is 0.0435. The van der Waals surface area contributed by atoms with E-state index in [4.69, 9.17) is 16.3 Å². The van der Waals surface area contributed by atoms with Crippen molar-refractivity contribution in [2.24, 2.45) is 0 Å². The van der Waals surface area contributed by atoms with Crippen LogP contribution >= 0.6 is 11.6 Å². The molecule has 85 heavy (non-hydrogen) atoms. The van der Waals surface area contributed by atoms with E-state index in [2.05, 4.69) is 45.6 Å². The van der Waals surface area contributed by atoms with Gasteiger partial charge in [-0.1, -0.05) is 127 Å². The highest BCUT2D eigenvalue weighted by molar-refractivity contribution is 6.31. The molecule has 0 fully saturated rings. The highest BCUT2D eigenvalue weighted by Crippen LogP contribution is 2.37. The van der Waals surface area contributed by atoms with Gasteiger partial charge in [0.15, 0.2) is 0 Å². The second-order valence-corrected chi connectivity index (χ2v) is 21.2. The van der Waals surface area contributed by atoms with Gasteiger partial charge in [0, 0.05) is 47.8 Å². The number of alkyl halides is 3. The van der Waals surface area contributed by atoms with Crippen LogP contribution in [-0.2, 0) is 40.1 Å². The zero-order valence-corrected chi connectivity index (χ0v) is 47.4. The number of hydrogen-bond donors (Lipinski definition) is 4. The van der Waals surface area contributed by atoms with Gasteiger partial charge in [-0.05, 0) is 168 Å². The van der Waals surface area contributed by atoms with Crippen molar-refractivity contribution in [1.29, 1.82) is 0 Å². The van der Waals surface area contributed by atoms with E-state index in [9.17, 15) is 41.9 Å². The lowest BCUT2D eigenvalue weighted by Crippen LogP contribution is -2.39. The fourth-order valence-corrected chi connectivity index (χ4v) is 10.4. The van der Waals surface area contributed by atoms with Crippen LogP contribution in [0.25, 0.3) is 22.3 Å². The summed E-state index contributed by atoms with van der Waals surface area (Å²) in [7, 11) is 0. The van der Waals surface area contributed by atoms with Gasteiger partial charge in [0.05, 0.1) is 36.5 Å². The number of benzene rings is 7. The first kappa shape index (κ1) is 60.3. The van der Waals surface area contributed by atoms with Crippen molar-refractivity contribution in [3.05, 3.63) is 232 Å². The third kappa shape index (κ3) is 16.7. The minimum Gasteiger partial charge on any atom is -0.393 e. The van der Waals surface area contributed by atoms with E-state index in [1.165, 1.54) is 40.7 Å². The second kappa shape index (κ2) is 28.8. The summed E-state index contributed by atoms with van der Waals surface area (Å²) in [5.74, 6) is -2.73. The SMILES string of the molecule is O=C(CCNC(=O)c1ccc(CN(C(=O)NCc2ccccc2-c2ccccc2)c2ccc(C3=CCCCC3)cc2)cc1)OC(=O)CCNC(=O)c1ccc(CN(C(=O)Nc2ccc(Cl)c(C(F)(F)F)c2)c2ccc(C3=CCCCC3)cc2)cc1. The Bertz CT molecular complexity index is 3570. The lowest BCUT2D eigenvalue weighted by atomic mass is 9.93. The fraction of sp³-hybridized carbons (Fsp3) is 0.235. The monoisotopic (exact) mass is 1170 g/mol. The summed E-state index contributed by atoms with van der Waals surface area (Å²) in [4.78, 5) is 82.4. The molecule has 0 radical (unpaired) electrons. The first-order chi connectivity index (χ1) is 41.1. The topological polar surface area (TPSA) is 166 Å². The van der Waals surface area contributed by atoms with Crippen molar-refractivity contribution >= 4 is 75.6 Å². The molecule has 0 bridgehead atoms. The van der Waals surface area contributed by atoms with Gasteiger partial charge in [-0.25, -0.2) is 9.59 Å². The first-order valence-corrected chi connectivity index (χ1v) is 28.7. The van der Waals surface area contributed by atoms with Gasteiger partial charge in [-0.3, -0.25) is 29.0 Å². The van der Waals surface area contributed by atoms with Crippen LogP contribution in [0.1, 0.15) is 118 Å². The number of esters is 2. The molecule has 2 aliphatic carbocycles. The number of anilines is 3. The molecular weight excluding hydrogens is 1110 g/mol. The van der Waals surface area contributed by atoms with Crippen molar-refractivity contribution in [1.82, 2.24) is 16.0 Å². The number of nitrogens with zero attached hydrogens (tertiary/aromatic N) is 2. The van der Waals surface area contributed by atoms with Gasteiger partial charge < -0.3 is 26.0 Å². The van der Waals surface area contributed by atoms with E-state index in [1.54, 1.807) is 53.4 Å². The van der Waals surface area contributed by atoms with Gasteiger partial charge >= 0.3 is 30.2 Å². The Balaban J connectivity index is 0.736. The van der Waals surface area contributed by atoms with Crippen LogP contribution < -0.4 is 31.1 Å². The summed E-state index contributed by atoms with van der Waals surface area (Å²) in [6, 6.07) is 48.6. The van der Waals surface area contributed by atoms with Crippen molar-refractivity contribution in [2.75, 3.05) is 28.2 Å². The Morgan fingerprint density at radius 1 is 0.518 bits per heavy atom. The number of halogens is 4. The maximum absolute atomic E-state index is 14.1. The largest absolute Gasteiger partial charge is 0.417 e. The van der Waals surface area contributed by atoms with Gasteiger partial charge in [0.1, 0.15) is 0 Å². The van der Waals surface area contributed by atoms with E-state index >= 15 is 0 Å². The number of urea groups is 2. The molecule has 0 atom stereocenters. The molecule has 4 N–H and O–H groups in total. The van der Waals surface area contributed by atoms with Crippen molar-refractivity contribution in [3.63, 3.8) is 0 Å². The van der Waals surface area contributed by atoms with Gasteiger partial charge in [0.25, 0.3) is 11.8 Å². The molecule has 0 spiro atoms. The van der Waals surface area contributed by atoms with Gasteiger partial charge in [0.2, 0.25) is 0 Å². The number of carbonyl (C=O) groups excluding carboxylic acids is 6. The minimum atomic E-state index is -4.74. The average molecular weight is 1170 g/mol. The number of carbonyl (C=O) groups is 6. The van der Waals surface area contributed by atoms with Gasteiger partial charge in [-0.2, -0.15) is 13.2 Å².